The molecule has 1 aromatic heterocycles. The van der Waals surface area contributed by atoms with Gasteiger partial charge in [0, 0.05) is 18.8 Å². The van der Waals surface area contributed by atoms with Crippen molar-refractivity contribution >= 4 is 22.2 Å². The molecule has 1 aliphatic rings. The monoisotopic (exact) mass is 300 g/mol. The highest BCUT2D eigenvalue weighted by molar-refractivity contribution is 7.15. The second-order valence-corrected chi connectivity index (χ2v) is 5.50. The first-order valence-corrected chi connectivity index (χ1v) is 6.78. The maximum atomic E-state index is 12.5. The number of nitrogens with two attached hydrogens (primary N) is 1. The summed E-state index contributed by atoms with van der Waals surface area (Å²) in [6, 6.07) is 5.61. The number of fused-ring (bicyclic) bond motifs is 1. The van der Waals surface area contributed by atoms with Crippen LogP contribution in [-0.4, -0.2) is 16.7 Å². The number of nitrogens with zero attached hydrogens (tertiary/aromatic N) is 3. The molecule has 20 heavy (non-hydrogen) atoms. The lowest BCUT2D eigenvalue weighted by Gasteiger charge is -2.28. The number of halogens is 3. The van der Waals surface area contributed by atoms with E-state index in [9.17, 15) is 13.2 Å². The summed E-state index contributed by atoms with van der Waals surface area (Å²) in [5.41, 5.74) is 8.73. The molecule has 0 amide bonds. The predicted molar refractivity (Wildman–Crippen MR) is 70.5 cm³/mol. The van der Waals surface area contributed by atoms with E-state index in [1.807, 2.05) is 18.2 Å². The maximum absolute atomic E-state index is 12.5. The number of rotatable bonds is 1. The van der Waals surface area contributed by atoms with E-state index in [2.05, 4.69) is 10.2 Å². The van der Waals surface area contributed by atoms with Gasteiger partial charge < -0.3 is 10.6 Å². The fourth-order valence-electron chi connectivity index (χ4n) is 2.26. The van der Waals surface area contributed by atoms with Gasteiger partial charge in [0.25, 0.3) is 0 Å². The molecular formula is C12H11F3N4S. The van der Waals surface area contributed by atoms with Crippen LogP contribution in [0.4, 0.5) is 24.0 Å². The van der Waals surface area contributed by atoms with Crippen molar-refractivity contribution in [3.63, 3.8) is 0 Å². The number of anilines is 2. The zero-order valence-corrected chi connectivity index (χ0v) is 11.1. The summed E-state index contributed by atoms with van der Waals surface area (Å²) in [5.74, 6) is 0. The van der Waals surface area contributed by atoms with E-state index in [4.69, 9.17) is 5.73 Å². The number of alkyl halides is 3. The van der Waals surface area contributed by atoms with Crippen LogP contribution in [0.15, 0.2) is 18.2 Å². The largest absolute Gasteiger partial charge is 0.445 e. The molecule has 4 nitrogen and oxygen atoms in total. The van der Waals surface area contributed by atoms with E-state index in [-0.39, 0.29) is 0 Å². The van der Waals surface area contributed by atoms with Gasteiger partial charge in [-0.3, -0.25) is 0 Å². The highest BCUT2D eigenvalue weighted by Crippen LogP contribution is 2.36. The Kier molecular flexibility index (Phi) is 3.04. The van der Waals surface area contributed by atoms with Gasteiger partial charge in [-0.1, -0.05) is 23.5 Å². The fourth-order valence-corrected chi connectivity index (χ4v) is 3.00. The predicted octanol–water partition coefficient (Wildman–Crippen LogP) is 2.70. The summed E-state index contributed by atoms with van der Waals surface area (Å²) in [4.78, 5) is 1.80. The summed E-state index contributed by atoms with van der Waals surface area (Å²) < 4.78 is 37.6. The van der Waals surface area contributed by atoms with Gasteiger partial charge in [0.05, 0.1) is 0 Å². The first-order valence-electron chi connectivity index (χ1n) is 5.97. The Bertz CT molecular complexity index is 638. The van der Waals surface area contributed by atoms with E-state index in [0.29, 0.717) is 36.0 Å². The molecule has 0 saturated carbocycles. The van der Waals surface area contributed by atoms with Crippen molar-refractivity contribution in [3.05, 3.63) is 34.3 Å². The molecule has 0 radical (unpaired) electrons. The Morgan fingerprint density at radius 3 is 2.75 bits per heavy atom. The number of hydrogen-bond acceptors (Lipinski definition) is 5. The van der Waals surface area contributed by atoms with Gasteiger partial charge in [-0.2, -0.15) is 13.2 Å². The van der Waals surface area contributed by atoms with Crippen molar-refractivity contribution in [3.8, 4) is 0 Å². The highest BCUT2D eigenvalue weighted by atomic mass is 32.1. The summed E-state index contributed by atoms with van der Waals surface area (Å²) in [5, 5.41) is 6.24. The van der Waals surface area contributed by atoms with Crippen LogP contribution in [0.5, 0.6) is 0 Å². The normalized spacial score (nSPS) is 15.2. The van der Waals surface area contributed by atoms with Crippen molar-refractivity contribution in [1.29, 1.82) is 0 Å². The van der Waals surface area contributed by atoms with Crippen LogP contribution >= 0.6 is 11.3 Å². The van der Waals surface area contributed by atoms with E-state index < -0.39 is 11.2 Å². The van der Waals surface area contributed by atoms with Crippen LogP contribution in [0.2, 0.25) is 0 Å². The van der Waals surface area contributed by atoms with Crippen LogP contribution < -0.4 is 10.6 Å². The zero-order valence-electron chi connectivity index (χ0n) is 10.3. The topological polar surface area (TPSA) is 55.0 Å². The summed E-state index contributed by atoms with van der Waals surface area (Å²) in [6.45, 7) is 1.10. The first-order chi connectivity index (χ1) is 9.45. The van der Waals surface area contributed by atoms with E-state index in [0.717, 1.165) is 16.8 Å². The second kappa shape index (κ2) is 4.62. The minimum absolute atomic E-state index is 0.297. The van der Waals surface area contributed by atoms with Crippen LogP contribution in [-0.2, 0) is 19.1 Å². The van der Waals surface area contributed by atoms with Gasteiger partial charge in [0.15, 0.2) is 0 Å². The summed E-state index contributed by atoms with van der Waals surface area (Å²) >= 11 is 0.573. The molecule has 1 aromatic carbocycles. The Morgan fingerprint density at radius 1 is 1.25 bits per heavy atom. The van der Waals surface area contributed by atoms with Gasteiger partial charge in [0.2, 0.25) is 10.1 Å². The molecular weight excluding hydrogens is 289 g/mol. The van der Waals surface area contributed by atoms with Crippen LogP contribution in [0, 0.1) is 0 Å². The average molecular weight is 300 g/mol. The minimum Gasteiger partial charge on any atom is -0.398 e. The molecule has 2 aromatic rings. The van der Waals surface area contributed by atoms with Crippen molar-refractivity contribution < 1.29 is 13.2 Å². The maximum Gasteiger partial charge on any atom is 0.445 e. The highest BCUT2D eigenvalue weighted by Gasteiger charge is 2.36. The fraction of sp³-hybridized carbons (Fsp3) is 0.333. The molecule has 8 heteroatoms. The van der Waals surface area contributed by atoms with Crippen molar-refractivity contribution in [1.82, 2.24) is 10.2 Å². The molecule has 106 valence electrons. The number of benzene rings is 1. The molecule has 0 unspecified atom stereocenters. The summed E-state index contributed by atoms with van der Waals surface area (Å²) in [6.07, 6.45) is -3.74. The van der Waals surface area contributed by atoms with E-state index >= 15 is 0 Å². The number of nitrogen functional groups attached to an aromatic ring is 1. The Labute approximate surface area is 117 Å². The molecule has 0 spiro atoms. The van der Waals surface area contributed by atoms with Crippen molar-refractivity contribution in [2.75, 3.05) is 17.2 Å². The van der Waals surface area contributed by atoms with Gasteiger partial charge in [-0.15, -0.1) is 10.2 Å². The Morgan fingerprint density at radius 2 is 2.05 bits per heavy atom. The minimum atomic E-state index is -4.44. The first kappa shape index (κ1) is 13.2. The van der Waals surface area contributed by atoms with Gasteiger partial charge in [-0.25, -0.2) is 0 Å². The van der Waals surface area contributed by atoms with Gasteiger partial charge in [0.1, 0.15) is 0 Å². The third-order valence-corrected chi connectivity index (χ3v) is 4.26. The lowest BCUT2D eigenvalue weighted by Crippen LogP contribution is -2.30. The molecule has 2 N–H and O–H groups in total. The molecule has 0 fully saturated rings. The third kappa shape index (κ3) is 2.31. The van der Waals surface area contributed by atoms with Crippen molar-refractivity contribution in [2.45, 2.75) is 19.1 Å². The molecule has 0 saturated heterocycles. The van der Waals surface area contributed by atoms with Crippen LogP contribution in [0.25, 0.3) is 0 Å². The molecule has 1 aliphatic heterocycles. The lowest BCUT2D eigenvalue weighted by molar-refractivity contribution is -0.138. The average Bonchev–Trinajstić information content (AvgIpc) is 2.88. The Balaban J connectivity index is 1.85. The summed E-state index contributed by atoms with van der Waals surface area (Å²) in [7, 11) is 0. The molecule has 0 atom stereocenters. The molecule has 0 aliphatic carbocycles. The lowest BCUT2D eigenvalue weighted by atomic mass is 9.98. The number of hydrogen-bond donors (Lipinski definition) is 1. The smallest absolute Gasteiger partial charge is 0.398 e. The van der Waals surface area contributed by atoms with Crippen LogP contribution in [0.1, 0.15) is 16.1 Å². The standard InChI is InChI=1S/C12H11F3N4S/c13-12(14,15)10-17-18-11(20-10)19-5-4-8-7(6-19)2-1-3-9(8)16/h1-3H,4-6,16H2. The molecule has 3 rings (SSSR count). The van der Waals surface area contributed by atoms with Gasteiger partial charge in [-0.05, 0) is 23.6 Å². The zero-order chi connectivity index (χ0) is 14.3. The van der Waals surface area contributed by atoms with E-state index in [1.54, 1.807) is 4.90 Å². The SMILES string of the molecule is Nc1cccc2c1CCN(c1nnc(C(F)(F)F)s1)C2. The van der Waals surface area contributed by atoms with Gasteiger partial charge >= 0.3 is 6.18 Å². The quantitative estimate of drug-likeness (QED) is 0.823. The second-order valence-electron chi connectivity index (χ2n) is 4.54. The molecule has 2 heterocycles. The third-order valence-electron chi connectivity index (χ3n) is 3.23. The van der Waals surface area contributed by atoms with Crippen LogP contribution in [0.3, 0.4) is 0 Å². The Hall–Kier alpha value is -1.83. The van der Waals surface area contributed by atoms with E-state index in [1.165, 1.54) is 0 Å². The van der Waals surface area contributed by atoms with Crippen molar-refractivity contribution in [2.24, 2.45) is 0 Å². The number of aromatic nitrogens is 2. The molecule has 0 bridgehead atoms.